The summed E-state index contributed by atoms with van der Waals surface area (Å²) >= 11 is 3.33. The van der Waals surface area contributed by atoms with E-state index in [1.54, 1.807) is 6.07 Å². The van der Waals surface area contributed by atoms with Gasteiger partial charge < -0.3 is 10.5 Å². The zero-order chi connectivity index (χ0) is 11.5. The quantitative estimate of drug-likeness (QED) is 0.871. The van der Waals surface area contributed by atoms with Gasteiger partial charge in [0.05, 0.1) is 22.3 Å². The molecule has 2 atom stereocenters. The molecule has 2 rings (SSSR count). The normalized spacial score (nSPS) is 22.2. The molecule has 2 N–H and O–H groups in total. The summed E-state index contributed by atoms with van der Waals surface area (Å²) in [5.74, 6) is 1.05. The van der Waals surface area contributed by atoms with Crippen molar-refractivity contribution in [3.63, 3.8) is 0 Å². The van der Waals surface area contributed by atoms with E-state index in [1.807, 2.05) is 12.1 Å². The molecule has 1 saturated heterocycles. The molecule has 1 aliphatic heterocycles. The van der Waals surface area contributed by atoms with Crippen LogP contribution >= 0.6 is 15.9 Å². The number of hydrogen-bond donors (Lipinski definition) is 1. The van der Waals surface area contributed by atoms with Gasteiger partial charge in [-0.3, -0.25) is 4.21 Å². The highest BCUT2D eigenvalue weighted by Crippen LogP contribution is 2.24. The molecular formula is C11H14BrNO2S. The molecule has 1 aromatic rings. The van der Waals surface area contributed by atoms with Gasteiger partial charge in [-0.2, -0.15) is 0 Å². The van der Waals surface area contributed by atoms with Gasteiger partial charge in [-0.05, 0) is 30.5 Å². The average molecular weight is 304 g/mol. The van der Waals surface area contributed by atoms with Crippen LogP contribution in [0.15, 0.2) is 27.6 Å². The summed E-state index contributed by atoms with van der Waals surface area (Å²) in [5.41, 5.74) is 6.43. The van der Waals surface area contributed by atoms with Gasteiger partial charge in [0.2, 0.25) is 0 Å². The summed E-state index contributed by atoms with van der Waals surface area (Å²) in [6.45, 7) is 1.51. The second-order valence-corrected chi connectivity index (χ2v) is 6.30. The molecule has 0 saturated carbocycles. The van der Waals surface area contributed by atoms with Crippen LogP contribution in [0, 0.1) is 5.92 Å². The Morgan fingerprint density at radius 3 is 3.00 bits per heavy atom. The van der Waals surface area contributed by atoms with E-state index < -0.39 is 10.8 Å². The van der Waals surface area contributed by atoms with Crippen LogP contribution in [0.4, 0.5) is 5.69 Å². The summed E-state index contributed by atoms with van der Waals surface area (Å²) in [6.07, 6.45) is 1.00. The lowest BCUT2D eigenvalue weighted by atomic mass is 10.2. The first-order valence-electron chi connectivity index (χ1n) is 5.18. The lowest BCUT2D eigenvalue weighted by Gasteiger charge is -2.09. The molecule has 2 unspecified atom stereocenters. The third-order valence-corrected chi connectivity index (χ3v) is 4.76. The maximum atomic E-state index is 12.1. The molecule has 0 spiro atoms. The Hall–Kier alpha value is -0.390. The van der Waals surface area contributed by atoms with Crippen LogP contribution in [-0.2, 0) is 15.5 Å². The highest BCUT2D eigenvalue weighted by atomic mass is 79.9. The monoisotopic (exact) mass is 303 g/mol. The van der Waals surface area contributed by atoms with Gasteiger partial charge in [-0.25, -0.2) is 0 Å². The largest absolute Gasteiger partial charge is 0.398 e. The summed E-state index contributed by atoms with van der Waals surface area (Å²) < 4.78 is 18.3. The van der Waals surface area contributed by atoms with E-state index >= 15 is 0 Å². The van der Waals surface area contributed by atoms with Crippen molar-refractivity contribution in [1.82, 2.24) is 0 Å². The van der Waals surface area contributed by atoms with Crippen LogP contribution in [0.3, 0.4) is 0 Å². The molecule has 0 radical (unpaired) electrons. The smallest absolute Gasteiger partial charge is 0.0618 e. The van der Waals surface area contributed by atoms with E-state index in [2.05, 4.69) is 15.9 Å². The second kappa shape index (κ2) is 5.29. The van der Waals surface area contributed by atoms with Gasteiger partial charge >= 0.3 is 0 Å². The molecule has 16 heavy (non-hydrogen) atoms. The molecule has 0 aromatic heterocycles. The first-order chi connectivity index (χ1) is 7.66. The Bertz CT molecular complexity index is 405. The minimum absolute atomic E-state index is 0.406. The van der Waals surface area contributed by atoms with E-state index in [0.29, 0.717) is 17.4 Å². The van der Waals surface area contributed by atoms with E-state index in [9.17, 15) is 4.21 Å². The van der Waals surface area contributed by atoms with Gasteiger partial charge in [-0.1, -0.05) is 15.9 Å². The predicted molar refractivity (Wildman–Crippen MR) is 68.8 cm³/mol. The van der Waals surface area contributed by atoms with Crippen molar-refractivity contribution < 1.29 is 8.95 Å². The minimum atomic E-state index is -1.02. The van der Waals surface area contributed by atoms with Gasteiger partial charge in [0.25, 0.3) is 0 Å². The fourth-order valence-corrected chi connectivity index (χ4v) is 3.54. The third-order valence-electron chi connectivity index (χ3n) is 2.63. The molecular weight excluding hydrogens is 290 g/mol. The van der Waals surface area contributed by atoms with Crippen molar-refractivity contribution >= 4 is 32.4 Å². The van der Waals surface area contributed by atoms with Crippen LogP contribution in [0.25, 0.3) is 0 Å². The number of nitrogen functional groups attached to an aromatic ring is 1. The molecule has 5 heteroatoms. The number of anilines is 1. The summed E-state index contributed by atoms with van der Waals surface area (Å²) in [7, 11) is -1.02. The summed E-state index contributed by atoms with van der Waals surface area (Å²) in [5, 5.41) is 0. The Labute approximate surface area is 106 Å². The summed E-state index contributed by atoms with van der Waals surface area (Å²) in [4.78, 5) is 0.732. The fraction of sp³-hybridized carbons (Fsp3) is 0.455. The molecule has 0 amide bonds. The molecule has 1 heterocycles. The molecule has 88 valence electrons. The molecule has 1 aliphatic rings. The molecule has 1 fully saturated rings. The lowest BCUT2D eigenvalue weighted by molar-refractivity contribution is 0.189. The molecule has 3 nitrogen and oxygen atoms in total. The van der Waals surface area contributed by atoms with Crippen molar-refractivity contribution in [3.8, 4) is 0 Å². The first-order valence-corrected chi connectivity index (χ1v) is 7.29. The van der Waals surface area contributed by atoms with Crippen LogP contribution in [0.2, 0.25) is 0 Å². The van der Waals surface area contributed by atoms with Crippen LogP contribution in [-0.4, -0.2) is 23.2 Å². The molecule has 0 aliphatic carbocycles. The fourth-order valence-electron chi connectivity index (χ4n) is 1.75. The molecule has 0 bridgehead atoms. The Morgan fingerprint density at radius 2 is 2.38 bits per heavy atom. The predicted octanol–water partition coefficient (Wildman–Crippen LogP) is 2.18. The Kier molecular flexibility index (Phi) is 4.00. The number of benzene rings is 1. The number of halogens is 1. The van der Waals surface area contributed by atoms with Crippen molar-refractivity contribution in [2.75, 3.05) is 24.7 Å². The van der Waals surface area contributed by atoms with E-state index in [1.165, 1.54) is 0 Å². The van der Waals surface area contributed by atoms with Gasteiger partial charge in [0.15, 0.2) is 0 Å². The van der Waals surface area contributed by atoms with Crippen molar-refractivity contribution in [2.45, 2.75) is 11.3 Å². The Balaban J connectivity index is 2.08. The Morgan fingerprint density at radius 1 is 1.56 bits per heavy atom. The van der Waals surface area contributed by atoms with E-state index in [0.717, 1.165) is 29.0 Å². The van der Waals surface area contributed by atoms with Gasteiger partial charge in [0.1, 0.15) is 0 Å². The van der Waals surface area contributed by atoms with Crippen molar-refractivity contribution in [3.05, 3.63) is 22.7 Å². The lowest BCUT2D eigenvalue weighted by Crippen LogP contribution is -2.12. The highest BCUT2D eigenvalue weighted by molar-refractivity contribution is 9.10. The van der Waals surface area contributed by atoms with E-state index in [-0.39, 0.29) is 0 Å². The first kappa shape index (κ1) is 12.1. The number of rotatable bonds is 3. The number of nitrogens with two attached hydrogens (primary N) is 1. The maximum absolute atomic E-state index is 12.1. The SMILES string of the molecule is Nc1cc(Br)ccc1S(=O)CC1CCOC1. The van der Waals surface area contributed by atoms with Gasteiger partial charge in [0, 0.05) is 22.5 Å². The highest BCUT2D eigenvalue weighted by Gasteiger charge is 2.20. The third kappa shape index (κ3) is 2.84. The van der Waals surface area contributed by atoms with Crippen LogP contribution in [0.5, 0.6) is 0 Å². The van der Waals surface area contributed by atoms with Crippen molar-refractivity contribution in [2.24, 2.45) is 5.92 Å². The topological polar surface area (TPSA) is 52.3 Å². The average Bonchev–Trinajstić information content (AvgIpc) is 2.70. The van der Waals surface area contributed by atoms with Gasteiger partial charge in [-0.15, -0.1) is 0 Å². The zero-order valence-corrected chi connectivity index (χ0v) is 11.2. The summed E-state index contributed by atoms with van der Waals surface area (Å²) in [6, 6.07) is 5.48. The minimum Gasteiger partial charge on any atom is -0.398 e. The van der Waals surface area contributed by atoms with Crippen LogP contribution in [0.1, 0.15) is 6.42 Å². The second-order valence-electron chi connectivity index (χ2n) is 3.92. The zero-order valence-electron chi connectivity index (χ0n) is 8.82. The number of hydrogen-bond acceptors (Lipinski definition) is 3. The maximum Gasteiger partial charge on any atom is 0.0618 e. The van der Waals surface area contributed by atoms with E-state index in [4.69, 9.17) is 10.5 Å². The molecule has 1 aromatic carbocycles. The van der Waals surface area contributed by atoms with Crippen LogP contribution < -0.4 is 5.73 Å². The van der Waals surface area contributed by atoms with Crippen molar-refractivity contribution in [1.29, 1.82) is 0 Å². The standard InChI is InChI=1S/C11H14BrNO2S/c12-9-1-2-11(10(13)5-9)16(14)7-8-3-4-15-6-8/h1-2,5,8H,3-4,6-7,13H2. The number of ether oxygens (including phenoxy) is 1.